The number of hydrogen-bond acceptors (Lipinski definition) is 3. The van der Waals surface area contributed by atoms with Gasteiger partial charge in [-0.05, 0) is 43.9 Å². The Bertz CT molecular complexity index is 529. The van der Waals surface area contributed by atoms with E-state index in [4.69, 9.17) is 16.3 Å². The van der Waals surface area contributed by atoms with Crippen molar-refractivity contribution in [3.8, 4) is 0 Å². The maximum absolute atomic E-state index is 12.4. The second-order valence-corrected chi connectivity index (χ2v) is 5.87. The number of nitrogens with zero attached hydrogens (tertiary/aromatic N) is 1. The predicted molar refractivity (Wildman–Crippen MR) is 85.6 cm³/mol. The smallest absolute Gasteiger partial charge is 0.328 e. The lowest BCUT2D eigenvalue weighted by Crippen LogP contribution is -2.49. The zero-order valence-corrected chi connectivity index (χ0v) is 13.8. The van der Waals surface area contributed by atoms with Gasteiger partial charge in [-0.3, -0.25) is 4.79 Å². The van der Waals surface area contributed by atoms with Crippen molar-refractivity contribution < 1.29 is 14.3 Å². The zero-order chi connectivity index (χ0) is 16.1. The van der Waals surface area contributed by atoms with Crippen LogP contribution in [-0.2, 0) is 14.3 Å². The molecule has 2 unspecified atom stereocenters. The van der Waals surface area contributed by atoms with Crippen molar-refractivity contribution in [1.82, 2.24) is 4.90 Å². The van der Waals surface area contributed by atoms with E-state index in [0.29, 0.717) is 24.5 Å². The summed E-state index contributed by atoms with van der Waals surface area (Å²) < 4.78 is 5.15. The van der Waals surface area contributed by atoms with Crippen LogP contribution in [0.1, 0.15) is 51.1 Å². The fraction of sp³-hybridized carbons (Fsp3) is 0.529. The maximum atomic E-state index is 12.4. The summed E-state index contributed by atoms with van der Waals surface area (Å²) in [6, 6.07) is 6.88. The molecular weight excluding hydrogens is 302 g/mol. The van der Waals surface area contributed by atoms with Crippen molar-refractivity contribution in [1.29, 1.82) is 0 Å². The third kappa shape index (κ3) is 3.61. The van der Waals surface area contributed by atoms with E-state index in [1.54, 1.807) is 11.8 Å². The summed E-state index contributed by atoms with van der Waals surface area (Å²) in [5.74, 6) is -0.301. The zero-order valence-electron chi connectivity index (χ0n) is 13.0. The molecule has 1 aromatic rings. The Kier molecular flexibility index (Phi) is 5.83. The van der Waals surface area contributed by atoms with E-state index in [2.05, 4.69) is 0 Å². The number of carbonyl (C=O) groups excluding carboxylic acids is 2. The van der Waals surface area contributed by atoms with Gasteiger partial charge in [-0.15, -0.1) is 0 Å². The van der Waals surface area contributed by atoms with Gasteiger partial charge in [0.05, 0.1) is 12.6 Å². The summed E-state index contributed by atoms with van der Waals surface area (Å²) in [6.45, 7) is 4.00. The molecule has 1 fully saturated rings. The van der Waals surface area contributed by atoms with Crippen LogP contribution >= 0.6 is 11.6 Å². The third-order valence-corrected chi connectivity index (χ3v) is 4.28. The number of likely N-dealkylation sites (tertiary alicyclic amines) is 1. The number of benzene rings is 1. The molecule has 1 heterocycles. The largest absolute Gasteiger partial charge is 0.464 e. The molecule has 0 saturated carbocycles. The molecule has 1 amide bonds. The molecular formula is C17H22ClNO3. The molecule has 0 N–H and O–H groups in total. The van der Waals surface area contributed by atoms with Crippen LogP contribution in [0, 0.1) is 0 Å². The highest BCUT2D eigenvalue weighted by Crippen LogP contribution is 2.34. The molecule has 1 saturated heterocycles. The Hall–Kier alpha value is -1.55. The molecule has 2 atom stereocenters. The first-order valence-electron chi connectivity index (χ1n) is 7.81. The quantitative estimate of drug-likeness (QED) is 0.776. The van der Waals surface area contributed by atoms with Crippen molar-refractivity contribution in [2.45, 2.75) is 51.6 Å². The number of ether oxygens (including phenoxy) is 1. The summed E-state index contributed by atoms with van der Waals surface area (Å²) in [5.41, 5.74) is 1.01. The van der Waals surface area contributed by atoms with Crippen LogP contribution in [0.3, 0.4) is 0 Å². The van der Waals surface area contributed by atoms with Crippen LogP contribution in [0.2, 0.25) is 5.02 Å². The Balaban J connectivity index is 2.31. The van der Waals surface area contributed by atoms with E-state index in [0.717, 1.165) is 18.4 Å². The minimum absolute atomic E-state index is 0.0195. The van der Waals surface area contributed by atoms with Crippen molar-refractivity contribution in [3.05, 3.63) is 34.9 Å². The molecule has 22 heavy (non-hydrogen) atoms. The number of esters is 1. The number of amides is 1. The fourth-order valence-electron chi connectivity index (χ4n) is 3.01. The SMILES string of the molecule is CCOC(=O)C(CC)N1C(=O)CCCC1c1ccc(Cl)cc1. The van der Waals surface area contributed by atoms with E-state index in [1.165, 1.54) is 0 Å². The molecule has 0 aromatic heterocycles. The van der Waals surface area contributed by atoms with Crippen LogP contribution in [-0.4, -0.2) is 29.4 Å². The first-order chi connectivity index (χ1) is 10.6. The highest BCUT2D eigenvalue weighted by molar-refractivity contribution is 6.30. The van der Waals surface area contributed by atoms with Crippen LogP contribution in [0.15, 0.2) is 24.3 Å². The van der Waals surface area contributed by atoms with Gasteiger partial charge < -0.3 is 9.64 Å². The van der Waals surface area contributed by atoms with E-state index in [1.807, 2.05) is 31.2 Å². The Morgan fingerprint density at radius 3 is 2.64 bits per heavy atom. The Labute approximate surface area is 136 Å². The lowest BCUT2D eigenvalue weighted by Gasteiger charge is -2.40. The summed E-state index contributed by atoms with van der Waals surface area (Å²) >= 11 is 5.94. The monoisotopic (exact) mass is 323 g/mol. The van der Waals surface area contributed by atoms with Gasteiger partial charge in [0.15, 0.2) is 0 Å². The number of piperidine rings is 1. The van der Waals surface area contributed by atoms with Crippen LogP contribution in [0.4, 0.5) is 0 Å². The minimum atomic E-state index is -0.520. The van der Waals surface area contributed by atoms with E-state index in [9.17, 15) is 9.59 Å². The van der Waals surface area contributed by atoms with E-state index in [-0.39, 0.29) is 17.9 Å². The van der Waals surface area contributed by atoms with Crippen LogP contribution < -0.4 is 0 Å². The average Bonchev–Trinajstić information content (AvgIpc) is 2.51. The maximum Gasteiger partial charge on any atom is 0.328 e. The molecule has 1 aliphatic heterocycles. The molecule has 0 spiro atoms. The first-order valence-corrected chi connectivity index (χ1v) is 8.19. The molecule has 1 aliphatic rings. The van der Waals surface area contributed by atoms with Crippen molar-refractivity contribution in [3.63, 3.8) is 0 Å². The van der Waals surface area contributed by atoms with Gasteiger partial charge in [0.2, 0.25) is 5.91 Å². The third-order valence-electron chi connectivity index (χ3n) is 4.03. The normalized spacial score (nSPS) is 19.9. The van der Waals surface area contributed by atoms with E-state index < -0.39 is 6.04 Å². The first kappa shape index (κ1) is 16.8. The highest BCUT2D eigenvalue weighted by atomic mass is 35.5. The second kappa shape index (κ2) is 7.63. The Morgan fingerprint density at radius 1 is 1.36 bits per heavy atom. The van der Waals surface area contributed by atoms with Crippen molar-refractivity contribution >= 4 is 23.5 Å². The topological polar surface area (TPSA) is 46.6 Å². The predicted octanol–water partition coefficient (Wildman–Crippen LogP) is 3.74. The van der Waals surface area contributed by atoms with Gasteiger partial charge in [0.1, 0.15) is 6.04 Å². The molecule has 1 aromatic carbocycles. The Morgan fingerprint density at radius 2 is 2.05 bits per heavy atom. The van der Waals surface area contributed by atoms with Gasteiger partial charge in [-0.25, -0.2) is 4.79 Å². The van der Waals surface area contributed by atoms with Gasteiger partial charge in [-0.2, -0.15) is 0 Å². The summed E-state index contributed by atoms with van der Waals surface area (Å²) in [6.07, 6.45) is 2.72. The molecule has 5 heteroatoms. The van der Waals surface area contributed by atoms with Crippen molar-refractivity contribution in [2.75, 3.05) is 6.61 Å². The number of hydrogen-bond donors (Lipinski definition) is 0. The highest BCUT2D eigenvalue weighted by Gasteiger charge is 2.37. The van der Waals surface area contributed by atoms with Crippen LogP contribution in [0.5, 0.6) is 0 Å². The molecule has 0 bridgehead atoms. The van der Waals surface area contributed by atoms with Crippen LogP contribution in [0.25, 0.3) is 0 Å². The summed E-state index contributed by atoms with van der Waals surface area (Å²) in [5, 5.41) is 0.662. The minimum Gasteiger partial charge on any atom is -0.464 e. The average molecular weight is 324 g/mol. The van der Waals surface area contributed by atoms with Gasteiger partial charge in [0.25, 0.3) is 0 Å². The second-order valence-electron chi connectivity index (χ2n) is 5.44. The van der Waals surface area contributed by atoms with Gasteiger partial charge >= 0.3 is 5.97 Å². The molecule has 4 nitrogen and oxygen atoms in total. The van der Waals surface area contributed by atoms with Gasteiger partial charge in [-0.1, -0.05) is 30.7 Å². The molecule has 0 aliphatic carbocycles. The number of carbonyl (C=O) groups is 2. The lowest BCUT2D eigenvalue weighted by molar-refractivity contribution is -0.159. The van der Waals surface area contributed by atoms with Crippen molar-refractivity contribution in [2.24, 2.45) is 0 Å². The summed E-state index contributed by atoms with van der Waals surface area (Å²) in [7, 11) is 0. The summed E-state index contributed by atoms with van der Waals surface area (Å²) in [4.78, 5) is 26.4. The van der Waals surface area contributed by atoms with Gasteiger partial charge in [0, 0.05) is 11.4 Å². The van der Waals surface area contributed by atoms with E-state index >= 15 is 0 Å². The molecule has 120 valence electrons. The lowest BCUT2D eigenvalue weighted by atomic mass is 9.92. The molecule has 0 radical (unpaired) electrons. The number of halogens is 1. The number of rotatable bonds is 5. The fourth-order valence-corrected chi connectivity index (χ4v) is 3.13. The standard InChI is InChI=1S/C17H22ClNO3/c1-3-14(17(21)22-4-2)19-15(6-5-7-16(19)20)12-8-10-13(18)11-9-12/h8-11,14-15H,3-7H2,1-2H3. The molecule has 2 rings (SSSR count).